The summed E-state index contributed by atoms with van der Waals surface area (Å²) >= 11 is 3.29. The number of hydrogen-bond donors (Lipinski definition) is 2. The van der Waals surface area contributed by atoms with E-state index in [-0.39, 0.29) is 12.1 Å². The monoisotopic (exact) mass is 342 g/mol. The molecule has 1 aromatic carbocycles. The van der Waals surface area contributed by atoms with Crippen LogP contribution in [0.4, 0.5) is 5.69 Å². The summed E-state index contributed by atoms with van der Waals surface area (Å²) in [6, 6.07) is 5.13. The number of carbonyl (C=O) groups excluding carboxylic acids is 1. The first-order valence-corrected chi connectivity index (χ1v) is 6.41. The number of carbonyl (C=O) groups is 2. The Kier molecular flexibility index (Phi) is 4.23. The number of benzene rings is 1. The van der Waals surface area contributed by atoms with Crippen molar-refractivity contribution < 1.29 is 24.3 Å². The minimum Gasteiger partial charge on any atom is -0.495 e. The lowest BCUT2D eigenvalue weighted by molar-refractivity contribution is -0.129. The molecule has 106 valence electrons. The van der Waals surface area contributed by atoms with Crippen LogP contribution in [0.25, 0.3) is 0 Å². The zero-order chi connectivity index (χ0) is 14.7. The Labute approximate surface area is 122 Å². The first kappa shape index (κ1) is 14.3. The maximum atomic E-state index is 12.0. The first-order valence-electron chi connectivity index (χ1n) is 5.61. The van der Waals surface area contributed by atoms with Crippen LogP contribution in [0.1, 0.15) is 6.42 Å². The molecule has 7 nitrogen and oxygen atoms in total. The highest BCUT2D eigenvalue weighted by Crippen LogP contribution is 2.28. The third-order valence-corrected chi connectivity index (χ3v) is 3.12. The minimum absolute atomic E-state index is 0.0719. The molecule has 0 saturated heterocycles. The van der Waals surface area contributed by atoms with Crippen molar-refractivity contribution in [2.75, 3.05) is 12.4 Å². The van der Waals surface area contributed by atoms with Gasteiger partial charge in [-0.2, -0.15) is 0 Å². The summed E-state index contributed by atoms with van der Waals surface area (Å²) in [5, 5.41) is 14.7. The van der Waals surface area contributed by atoms with Crippen LogP contribution in [0.3, 0.4) is 0 Å². The van der Waals surface area contributed by atoms with Gasteiger partial charge in [-0.25, -0.2) is 4.79 Å². The largest absolute Gasteiger partial charge is 0.495 e. The standard InChI is InChI=1S/C12H11BrN2O5/c1-19-9-3-2-6(13)4-7(9)14-11(16)10-5-8(12(17)18)15-20-10/h2-4,10H,5H2,1H3,(H,14,16)(H,17,18). The van der Waals surface area contributed by atoms with E-state index >= 15 is 0 Å². The van der Waals surface area contributed by atoms with Gasteiger partial charge in [0, 0.05) is 10.9 Å². The Hall–Kier alpha value is -2.09. The second kappa shape index (κ2) is 5.91. The van der Waals surface area contributed by atoms with Crippen molar-refractivity contribution in [1.29, 1.82) is 0 Å². The number of nitrogens with one attached hydrogen (secondary N) is 1. The number of methoxy groups -OCH3 is 1. The van der Waals surface area contributed by atoms with Gasteiger partial charge in [0.25, 0.3) is 5.91 Å². The second-order valence-corrected chi connectivity index (χ2v) is 4.89. The Balaban J connectivity index is 2.06. The molecule has 1 heterocycles. The lowest BCUT2D eigenvalue weighted by atomic mass is 10.1. The van der Waals surface area contributed by atoms with Crippen LogP contribution >= 0.6 is 15.9 Å². The number of nitrogens with zero attached hydrogens (tertiary/aromatic N) is 1. The van der Waals surface area contributed by atoms with E-state index in [1.54, 1.807) is 18.2 Å². The maximum Gasteiger partial charge on any atom is 0.353 e. The van der Waals surface area contributed by atoms with Gasteiger partial charge in [-0.3, -0.25) is 4.79 Å². The van der Waals surface area contributed by atoms with Crippen molar-refractivity contribution in [3.05, 3.63) is 22.7 Å². The molecule has 0 bridgehead atoms. The molecule has 0 spiro atoms. The quantitative estimate of drug-likeness (QED) is 0.866. The van der Waals surface area contributed by atoms with Gasteiger partial charge in [0.15, 0.2) is 5.71 Å². The highest BCUT2D eigenvalue weighted by atomic mass is 79.9. The lowest BCUT2D eigenvalue weighted by Crippen LogP contribution is -2.29. The summed E-state index contributed by atoms with van der Waals surface area (Å²) in [5.41, 5.74) is 0.283. The predicted octanol–water partition coefficient (Wildman–Crippen LogP) is 1.63. The average molecular weight is 343 g/mol. The first-order chi connectivity index (χ1) is 9.51. The van der Waals surface area contributed by atoms with E-state index in [2.05, 4.69) is 26.4 Å². The van der Waals surface area contributed by atoms with E-state index in [1.807, 2.05) is 0 Å². The van der Waals surface area contributed by atoms with E-state index < -0.39 is 18.0 Å². The van der Waals surface area contributed by atoms with E-state index in [4.69, 9.17) is 14.7 Å². The van der Waals surface area contributed by atoms with Gasteiger partial charge in [0.1, 0.15) is 5.75 Å². The number of oxime groups is 1. The summed E-state index contributed by atoms with van der Waals surface area (Å²) in [5.74, 6) is -1.19. The zero-order valence-corrected chi connectivity index (χ0v) is 12.0. The van der Waals surface area contributed by atoms with Gasteiger partial charge in [-0.15, -0.1) is 0 Å². The summed E-state index contributed by atoms with van der Waals surface area (Å²) in [6.45, 7) is 0. The van der Waals surface area contributed by atoms with Crippen LogP contribution in [0, 0.1) is 0 Å². The highest BCUT2D eigenvalue weighted by molar-refractivity contribution is 9.10. The Morgan fingerprint density at radius 3 is 2.90 bits per heavy atom. The van der Waals surface area contributed by atoms with Crippen molar-refractivity contribution in [2.45, 2.75) is 12.5 Å². The van der Waals surface area contributed by atoms with E-state index in [1.165, 1.54) is 7.11 Å². The summed E-state index contributed by atoms with van der Waals surface area (Å²) in [6.07, 6.45) is -1.03. The molecule has 0 saturated carbocycles. The van der Waals surface area contributed by atoms with Crippen LogP contribution in [0.5, 0.6) is 5.75 Å². The predicted molar refractivity (Wildman–Crippen MR) is 73.9 cm³/mol. The van der Waals surface area contributed by atoms with Gasteiger partial charge < -0.3 is 20.0 Å². The number of amides is 1. The molecule has 0 aromatic heterocycles. The fourth-order valence-corrected chi connectivity index (χ4v) is 2.00. The molecule has 2 N–H and O–H groups in total. The maximum absolute atomic E-state index is 12.0. The molecular weight excluding hydrogens is 332 g/mol. The molecule has 1 aromatic rings. The number of anilines is 1. The molecule has 1 aliphatic heterocycles. The van der Waals surface area contributed by atoms with Gasteiger partial charge in [-0.05, 0) is 18.2 Å². The van der Waals surface area contributed by atoms with Crippen molar-refractivity contribution in [3.63, 3.8) is 0 Å². The molecule has 1 amide bonds. The Morgan fingerprint density at radius 2 is 2.30 bits per heavy atom. The zero-order valence-electron chi connectivity index (χ0n) is 10.4. The van der Waals surface area contributed by atoms with Crippen LogP contribution in [-0.4, -0.2) is 35.9 Å². The van der Waals surface area contributed by atoms with Crippen molar-refractivity contribution in [2.24, 2.45) is 5.16 Å². The molecule has 0 fully saturated rings. The minimum atomic E-state index is -1.19. The van der Waals surface area contributed by atoms with Gasteiger partial charge in [0.05, 0.1) is 12.8 Å². The van der Waals surface area contributed by atoms with Crippen LogP contribution < -0.4 is 10.1 Å². The van der Waals surface area contributed by atoms with Crippen LogP contribution in [0.15, 0.2) is 27.8 Å². The Bertz CT molecular complexity index is 587. The van der Waals surface area contributed by atoms with E-state index in [9.17, 15) is 9.59 Å². The van der Waals surface area contributed by atoms with Crippen LogP contribution in [-0.2, 0) is 14.4 Å². The van der Waals surface area contributed by atoms with Gasteiger partial charge in [-0.1, -0.05) is 21.1 Å². The highest BCUT2D eigenvalue weighted by Gasteiger charge is 2.31. The molecule has 0 aliphatic carbocycles. The van der Waals surface area contributed by atoms with E-state index in [0.29, 0.717) is 11.4 Å². The molecule has 8 heteroatoms. The normalized spacial score (nSPS) is 17.1. The number of ether oxygens (including phenoxy) is 1. The topological polar surface area (TPSA) is 97.2 Å². The third kappa shape index (κ3) is 3.08. The third-order valence-electron chi connectivity index (χ3n) is 2.63. The summed E-state index contributed by atoms with van der Waals surface area (Å²) in [7, 11) is 1.48. The summed E-state index contributed by atoms with van der Waals surface area (Å²) < 4.78 is 5.89. The molecule has 1 aliphatic rings. The fraction of sp³-hybridized carbons (Fsp3) is 0.250. The van der Waals surface area contributed by atoms with Crippen molar-refractivity contribution in [3.8, 4) is 5.75 Å². The number of carboxylic acids is 1. The molecule has 1 atom stereocenters. The number of aliphatic carboxylic acids is 1. The lowest BCUT2D eigenvalue weighted by Gasteiger charge is -2.12. The Morgan fingerprint density at radius 1 is 1.55 bits per heavy atom. The fourth-order valence-electron chi connectivity index (χ4n) is 1.64. The molecule has 2 rings (SSSR count). The number of hydrogen-bond acceptors (Lipinski definition) is 5. The number of carboxylic acid groups (broad SMARTS) is 1. The van der Waals surface area contributed by atoms with Crippen molar-refractivity contribution >= 4 is 39.2 Å². The number of halogens is 1. The van der Waals surface area contributed by atoms with Gasteiger partial charge >= 0.3 is 5.97 Å². The van der Waals surface area contributed by atoms with Gasteiger partial charge in [0.2, 0.25) is 6.10 Å². The smallest absolute Gasteiger partial charge is 0.353 e. The molecule has 1 unspecified atom stereocenters. The molecular formula is C12H11BrN2O5. The average Bonchev–Trinajstić information content (AvgIpc) is 2.89. The molecule has 20 heavy (non-hydrogen) atoms. The summed E-state index contributed by atoms with van der Waals surface area (Å²) in [4.78, 5) is 27.5. The molecule has 0 radical (unpaired) electrons. The van der Waals surface area contributed by atoms with E-state index in [0.717, 1.165) is 4.47 Å². The van der Waals surface area contributed by atoms with Crippen LogP contribution in [0.2, 0.25) is 0 Å². The van der Waals surface area contributed by atoms with Crippen molar-refractivity contribution in [1.82, 2.24) is 0 Å². The second-order valence-electron chi connectivity index (χ2n) is 3.98. The SMILES string of the molecule is COc1ccc(Br)cc1NC(=O)C1CC(C(=O)O)=NO1. The number of rotatable bonds is 4.